The number of halogens is 1. The summed E-state index contributed by atoms with van der Waals surface area (Å²) in [5.41, 5.74) is 6.83. The third kappa shape index (κ3) is 4.84. The lowest BCUT2D eigenvalue weighted by Gasteiger charge is -2.14. The molecule has 0 aliphatic heterocycles. The summed E-state index contributed by atoms with van der Waals surface area (Å²) in [4.78, 5) is 0. The lowest BCUT2D eigenvalue weighted by atomic mass is 10.0. The standard InChI is InChI=1S/C13H21NO2.ClH/c1-3-4-5-6-12(14)11-8-7-10(16-2)9-13(11)15;/h7-9,12,15H,3-6,14H2,1-2H3;1H/t12-;/m0./s1. The Morgan fingerprint density at radius 3 is 2.59 bits per heavy atom. The second-order valence-corrected chi connectivity index (χ2v) is 4.03. The molecule has 0 aromatic heterocycles. The minimum absolute atomic E-state index is 0. The van der Waals surface area contributed by atoms with E-state index in [1.54, 1.807) is 13.2 Å². The number of ether oxygens (including phenoxy) is 1. The summed E-state index contributed by atoms with van der Waals surface area (Å²) in [5, 5.41) is 9.79. The molecule has 0 saturated heterocycles. The lowest BCUT2D eigenvalue weighted by molar-refractivity contribution is 0.404. The van der Waals surface area contributed by atoms with Gasteiger partial charge in [0.1, 0.15) is 11.5 Å². The monoisotopic (exact) mass is 259 g/mol. The van der Waals surface area contributed by atoms with Crippen molar-refractivity contribution in [3.8, 4) is 11.5 Å². The van der Waals surface area contributed by atoms with Gasteiger partial charge in [0, 0.05) is 17.7 Å². The number of unbranched alkanes of at least 4 members (excludes halogenated alkanes) is 2. The van der Waals surface area contributed by atoms with Gasteiger partial charge in [-0.1, -0.05) is 32.3 Å². The number of methoxy groups -OCH3 is 1. The van der Waals surface area contributed by atoms with Gasteiger partial charge in [0.15, 0.2) is 0 Å². The van der Waals surface area contributed by atoms with E-state index < -0.39 is 0 Å². The molecular formula is C13H22ClNO2. The molecule has 4 heteroatoms. The zero-order chi connectivity index (χ0) is 12.0. The van der Waals surface area contributed by atoms with Crippen molar-refractivity contribution >= 4 is 12.4 Å². The molecule has 0 radical (unpaired) electrons. The summed E-state index contributed by atoms with van der Waals surface area (Å²) in [6.45, 7) is 2.16. The van der Waals surface area contributed by atoms with Crippen LogP contribution >= 0.6 is 12.4 Å². The van der Waals surface area contributed by atoms with E-state index in [1.165, 1.54) is 12.8 Å². The maximum Gasteiger partial charge on any atom is 0.124 e. The van der Waals surface area contributed by atoms with Crippen LogP contribution in [-0.4, -0.2) is 12.2 Å². The quantitative estimate of drug-likeness (QED) is 0.770. The molecule has 0 heterocycles. The molecule has 17 heavy (non-hydrogen) atoms. The minimum Gasteiger partial charge on any atom is -0.507 e. The Hall–Kier alpha value is -0.930. The van der Waals surface area contributed by atoms with Crippen molar-refractivity contribution in [1.29, 1.82) is 0 Å². The van der Waals surface area contributed by atoms with Crippen molar-refractivity contribution in [1.82, 2.24) is 0 Å². The van der Waals surface area contributed by atoms with E-state index >= 15 is 0 Å². The maximum atomic E-state index is 9.79. The predicted molar refractivity (Wildman–Crippen MR) is 73.0 cm³/mol. The molecule has 1 atom stereocenters. The Labute approximate surface area is 109 Å². The van der Waals surface area contributed by atoms with Gasteiger partial charge in [-0.3, -0.25) is 0 Å². The number of hydrogen-bond donors (Lipinski definition) is 2. The number of benzene rings is 1. The van der Waals surface area contributed by atoms with Crippen molar-refractivity contribution < 1.29 is 9.84 Å². The normalized spacial score (nSPS) is 11.7. The molecule has 1 aromatic rings. The summed E-state index contributed by atoms with van der Waals surface area (Å²) in [7, 11) is 1.58. The average molecular weight is 260 g/mol. The van der Waals surface area contributed by atoms with Gasteiger partial charge in [-0.25, -0.2) is 0 Å². The van der Waals surface area contributed by atoms with Gasteiger partial charge in [0.05, 0.1) is 7.11 Å². The SMILES string of the molecule is CCCCC[C@H](N)c1ccc(OC)cc1O.Cl. The van der Waals surface area contributed by atoms with Crippen LogP contribution in [0.4, 0.5) is 0 Å². The zero-order valence-electron chi connectivity index (χ0n) is 10.5. The Bertz CT molecular complexity index is 331. The largest absolute Gasteiger partial charge is 0.507 e. The summed E-state index contributed by atoms with van der Waals surface area (Å²) in [5.74, 6) is 0.880. The van der Waals surface area contributed by atoms with Crippen LogP contribution in [0, 0.1) is 0 Å². The second kappa shape index (κ2) is 8.20. The first-order valence-corrected chi connectivity index (χ1v) is 5.81. The molecule has 0 aliphatic rings. The first kappa shape index (κ1) is 16.1. The second-order valence-electron chi connectivity index (χ2n) is 4.03. The van der Waals surface area contributed by atoms with Crippen LogP contribution < -0.4 is 10.5 Å². The first-order chi connectivity index (χ1) is 7.69. The molecule has 0 amide bonds. The third-order valence-corrected chi connectivity index (χ3v) is 2.76. The minimum atomic E-state index is -0.0857. The van der Waals surface area contributed by atoms with E-state index in [1.807, 2.05) is 12.1 Å². The molecule has 0 saturated carbocycles. The number of nitrogens with two attached hydrogens (primary N) is 1. The summed E-state index contributed by atoms with van der Waals surface area (Å²) >= 11 is 0. The molecule has 3 N–H and O–H groups in total. The van der Waals surface area contributed by atoms with Crippen LogP contribution in [0.25, 0.3) is 0 Å². The van der Waals surface area contributed by atoms with Gasteiger partial charge in [0.25, 0.3) is 0 Å². The van der Waals surface area contributed by atoms with Crippen LogP contribution in [-0.2, 0) is 0 Å². The van der Waals surface area contributed by atoms with E-state index in [-0.39, 0.29) is 24.2 Å². The zero-order valence-corrected chi connectivity index (χ0v) is 11.3. The Balaban J connectivity index is 0.00000256. The summed E-state index contributed by atoms with van der Waals surface area (Å²) in [6, 6.07) is 5.19. The van der Waals surface area contributed by atoms with Gasteiger partial charge in [-0.05, 0) is 12.5 Å². The average Bonchev–Trinajstić information content (AvgIpc) is 2.29. The predicted octanol–water partition coefficient (Wildman–Crippen LogP) is 3.40. The number of phenols is 1. The van der Waals surface area contributed by atoms with Crippen molar-refractivity contribution in [3.05, 3.63) is 23.8 Å². The Kier molecular flexibility index (Phi) is 7.75. The van der Waals surface area contributed by atoms with Gasteiger partial charge in [-0.2, -0.15) is 0 Å². The smallest absolute Gasteiger partial charge is 0.124 e. The van der Waals surface area contributed by atoms with Crippen LogP contribution in [0.2, 0.25) is 0 Å². The highest BCUT2D eigenvalue weighted by Crippen LogP contribution is 2.29. The number of hydrogen-bond acceptors (Lipinski definition) is 3. The number of rotatable bonds is 6. The fraction of sp³-hybridized carbons (Fsp3) is 0.538. The highest BCUT2D eigenvalue weighted by atomic mass is 35.5. The third-order valence-electron chi connectivity index (χ3n) is 2.76. The van der Waals surface area contributed by atoms with E-state index in [4.69, 9.17) is 10.5 Å². The molecule has 0 fully saturated rings. The lowest BCUT2D eigenvalue weighted by Crippen LogP contribution is -2.10. The molecule has 0 unspecified atom stereocenters. The molecule has 0 spiro atoms. The van der Waals surface area contributed by atoms with Crippen LogP contribution in [0.5, 0.6) is 11.5 Å². The summed E-state index contributed by atoms with van der Waals surface area (Å²) < 4.78 is 5.03. The van der Waals surface area contributed by atoms with Crippen molar-refractivity contribution in [2.75, 3.05) is 7.11 Å². The highest BCUT2D eigenvalue weighted by Gasteiger charge is 2.11. The van der Waals surface area contributed by atoms with Gasteiger partial charge < -0.3 is 15.6 Å². The maximum absolute atomic E-state index is 9.79. The van der Waals surface area contributed by atoms with Crippen LogP contribution in [0.1, 0.15) is 44.2 Å². The van der Waals surface area contributed by atoms with Gasteiger partial charge in [0.2, 0.25) is 0 Å². The highest BCUT2D eigenvalue weighted by molar-refractivity contribution is 5.85. The topological polar surface area (TPSA) is 55.5 Å². The Morgan fingerprint density at radius 1 is 1.35 bits per heavy atom. The molecule has 3 nitrogen and oxygen atoms in total. The molecule has 1 rings (SSSR count). The first-order valence-electron chi connectivity index (χ1n) is 5.81. The van der Waals surface area contributed by atoms with Crippen molar-refractivity contribution in [2.45, 2.75) is 38.6 Å². The van der Waals surface area contributed by atoms with Gasteiger partial charge >= 0.3 is 0 Å². The van der Waals surface area contributed by atoms with E-state index in [0.717, 1.165) is 18.4 Å². The van der Waals surface area contributed by atoms with Gasteiger partial charge in [-0.15, -0.1) is 12.4 Å². The van der Waals surface area contributed by atoms with Crippen LogP contribution in [0.15, 0.2) is 18.2 Å². The fourth-order valence-corrected chi connectivity index (χ4v) is 1.73. The Morgan fingerprint density at radius 2 is 2.06 bits per heavy atom. The fourth-order valence-electron chi connectivity index (χ4n) is 1.73. The van der Waals surface area contributed by atoms with Crippen LogP contribution in [0.3, 0.4) is 0 Å². The van der Waals surface area contributed by atoms with E-state index in [2.05, 4.69) is 6.92 Å². The molecule has 0 aliphatic carbocycles. The summed E-state index contributed by atoms with van der Waals surface area (Å²) in [6.07, 6.45) is 4.38. The molecule has 1 aromatic carbocycles. The molecule has 98 valence electrons. The van der Waals surface area contributed by atoms with Crippen molar-refractivity contribution in [3.63, 3.8) is 0 Å². The molecular weight excluding hydrogens is 238 g/mol. The van der Waals surface area contributed by atoms with E-state index in [9.17, 15) is 5.11 Å². The van der Waals surface area contributed by atoms with E-state index in [0.29, 0.717) is 5.75 Å². The number of phenolic OH excluding ortho intramolecular Hbond substituents is 1. The molecule has 0 bridgehead atoms. The van der Waals surface area contributed by atoms with Crippen molar-refractivity contribution in [2.24, 2.45) is 5.73 Å². The number of aromatic hydroxyl groups is 1.